The van der Waals surface area contributed by atoms with Crippen molar-refractivity contribution in [1.82, 2.24) is 14.5 Å². The predicted molar refractivity (Wildman–Crippen MR) is 126 cm³/mol. The molecule has 0 spiro atoms. The van der Waals surface area contributed by atoms with Crippen LogP contribution in [0.1, 0.15) is 30.4 Å². The molecule has 2 aliphatic rings. The molecule has 1 aromatic carbocycles. The summed E-state index contributed by atoms with van der Waals surface area (Å²) in [5.41, 5.74) is 4.45. The van der Waals surface area contributed by atoms with Crippen LogP contribution in [0.25, 0.3) is 17.0 Å². The highest BCUT2D eigenvalue weighted by Crippen LogP contribution is 2.25. The molecular formula is C26H28N4O. The van der Waals surface area contributed by atoms with Crippen molar-refractivity contribution in [3.05, 3.63) is 78.3 Å². The third-order valence-electron chi connectivity index (χ3n) is 6.46. The van der Waals surface area contributed by atoms with Gasteiger partial charge in [-0.05, 0) is 72.4 Å². The standard InChI is InChI=1S/C26H28N4O/c1-19-6-8-23-16-21(17-27-26(23)28-19)7-9-25(31)29-13-10-20(11-14-29)18-30-15-12-22-4-2-3-5-24(22)30/h2-5,7,9,12,15-17,20H,1,6,8,10-11,13-14,18H2,(H,27,28)/b9-7+. The molecule has 1 amide bonds. The zero-order valence-corrected chi connectivity index (χ0v) is 17.8. The quantitative estimate of drug-likeness (QED) is 0.623. The first-order valence-corrected chi connectivity index (χ1v) is 11.1. The van der Waals surface area contributed by atoms with Gasteiger partial charge in [-0.3, -0.25) is 4.79 Å². The van der Waals surface area contributed by atoms with Gasteiger partial charge in [-0.1, -0.05) is 24.8 Å². The van der Waals surface area contributed by atoms with E-state index in [4.69, 9.17) is 0 Å². The van der Waals surface area contributed by atoms with Crippen LogP contribution in [-0.4, -0.2) is 33.4 Å². The summed E-state index contributed by atoms with van der Waals surface area (Å²) in [5, 5.41) is 4.52. The second kappa shape index (κ2) is 8.42. The molecule has 5 heteroatoms. The number of nitrogens with zero attached hydrogens (tertiary/aromatic N) is 3. The molecule has 4 heterocycles. The number of aromatic nitrogens is 2. The lowest BCUT2D eigenvalue weighted by Gasteiger charge is -2.31. The van der Waals surface area contributed by atoms with E-state index in [2.05, 4.69) is 64.0 Å². The number of carbonyl (C=O) groups is 1. The highest BCUT2D eigenvalue weighted by Gasteiger charge is 2.22. The van der Waals surface area contributed by atoms with Gasteiger partial charge in [0.15, 0.2) is 0 Å². The van der Waals surface area contributed by atoms with E-state index in [0.717, 1.165) is 62.4 Å². The third-order valence-corrected chi connectivity index (χ3v) is 6.46. The Bertz CT molecular complexity index is 1150. The van der Waals surface area contributed by atoms with Crippen LogP contribution in [-0.2, 0) is 17.8 Å². The number of nitrogens with one attached hydrogen (secondary N) is 1. The monoisotopic (exact) mass is 412 g/mol. The maximum atomic E-state index is 12.7. The summed E-state index contributed by atoms with van der Waals surface area (Å²) in [6.07, 6.45) is 11.5. The average molecular weight is 413 g/mol. The average Bonchev–Trinajstić information content (AvgIpc) is 3.21. The molecule has 1 fully saturated rings. The number of benzene rings is 1. The van der Waals surface area contributed by atoms with Gasteiger partial charge >= 0.3 is 0 Å². The van der Waals surface area contributed by atoms with Crippen molar-refractivity contribution in [2.24, 2.45) is 5.92 Å². The molecule has 0 radical (unpaired) electrons. The zero-order chi connectivity index (χ0) is 21.2. The Morgan fingerprint density at radius 2 is 2.03 bits per heavy atom. The summed E-state index contributed by atoms with van der Waals surface area (Å²) < 4.78 is 2.35. The minimum Gasteiger partial charge on any atom is -0.347 e. The summed E-state index contributed by atoms with van der Waals surface area (Å²) in [6.45, 7) is 6.63. The highest BCUT2D eigenvalue weighted by atomic mass is 16.2. The first kappa shape index (κ1) is 19.6. The number of allylic oxidation sites excluding steroid dienone is 1. The Balaban J connectivity index is 1.16. The van der Waals surface area contributed by atoms with E-state index in [-0.39, 0.29) is 5.91 Å². The Morgan fingerprint density at radius 3 is 2.90 bits per heavy atom. The number of aryl methyl sites for hydroxylation is 1. The zero-order valence-electron chi connectivity index (χ0n) is 17.8. The molecule has 5 rings (SSSR count). The second-order valence-electron chi connectivity index (χ2n) is 8.63. The summed E-state index contributed by atoms with van der Waals surface area (Å²) in [7, 11) is 0. The molecule has 0 aliphatic carbocycles. The summed E-state index contributed by atoms with van der Waals surface area (Å²) in [5.74, 6) is 1.59. The van der Waals surface area contributed by atoms with Crippen molar-refractivity contribution in [3.8, 4) is 0 Å². The lowest BCUT2D eigenvalue weighted by atomic mass is 9.96. The predicted octanol–water partition coefficient (Wildman–Crippen LogP) is 4.86. The summed E-state index contributed by atoms with van der Waals surface area (Å²) in [4.78, 5) is 19.1. The second-order valence-corrected chi connectivity index (χ2v) is 8.63. The number of hydrogen-bond donors (Lipinski definition) is 1. The summed E-state index contributed by atoms with van der Waals surface area (Å²) in [6, 6.07) is 12.8. The molecule has 2 aromatic heterocycles. The van der Waals surface area contributed by atoms with E-state index in [0.29, 0.717) is 5.92 Å². The number of fused-ring (bicyclic) bond motifs is 2. The Morgan fingerprint density at radius 1 is 1.19 bits per heavy atom. The number of anilines is 1. The van der Waals surface area contributed by atoms with E-state index in [9.17, 15) is 4.79 Å². The van der Waals surface area contributed by atoms with Gasteiger partial charge in [0, 0.05) is 49.3 Å². The van der Waals surface area contributed by atoms with Gasteiger partial charge in [-0.25, -0.2) is 4.98 Å². The van der Waals surface area contributed by atoms with Gasteiger partial charge in [-0.15, -0.1) is 0 Å². The van der Waals surface area contributed by atoms with E-state index in [1.807, 2.05) is 17.2 Å². The highest BCUT2D eigenvalue weighted by molar-refractivity contribution is 5.91. The number of piperidine rings is 1. The number of hydrogen-bond acceptors (Lipinski definition) is 3. The maximum absolute atomic E-state index is 12.7. The number of pyridine rings is 1. The topological polar surface area (TPSA) is 50.2 Å². The first-order chi connectivity index (χ1) is 15.2. The molecule has 31 heavy (non-hydrogen) atoms. The molecule has 1 N–H and O–H groups in total. The van der Waals surface area contributed by atoms with Crippen molar-refractivity contribution in [2.45, 2.75) is 32.2 Å². The SMILES string of the molecule is C=C1CCc2cc(/C=C/C(=O)N3CCC(Cn4ccc5ccccc54)CC3)cnc2N1. The van der Waals surface area contributed by atoms with Crippen molar-refractivity contribution >= 4 is 28.7 Å². The molecule has 1 saturated heterocycles. The van der Waals surface area contributed by atoms with Crippen LogP contribution in [0.4, 0.5) is 5.82 Å². The molecule has 0 bridgehead atoms. The van der Waals surface area contributed by atoms with Crippen LogP contribution >= 0.6 is 0 Å². The molecule has 2 aliphatic heterocycles. The molecule has 0 atom stereocenters. The lowest BCUT2D eigenvalue weighted by molar-refractivity contribution is -0.127. The van der Waals surface area contributed by atoms with Gasteiger partial charge in [-0.2, -0.15) is 0 Å². The molecule has 0 unspecified atom stereocenters. The van der Waals surface area contributed by atoms with Crippen LogP contribution in [0.3, 0.4) is 0 Å². The molecule has 3 aromatic rings. The smallest absolute Gasteiger partial charge is 0.246 e. The van der Waals surface area contributed by atoms with Crippen molar-refractivity contribution in [2.75, 3.05) is 18.4 Å². The minimum absolute atomic E-state index is 0.0917. The lowest BCUT2D eigenvalue weighted by Crippen LogP contribution is -2.38. The largest absolute Gasteiger partial charge is 0.347 e. The number of para-hydroxylation sites is 1. The van der Waals surface area contributed by atoms with E-state index in [1.165, 1.54) is 16.5 Å². The van der Waals surface area contributed by atoms with E-state index < -0.39 is 0 Å². The number of rotatable bonds is 4. The number of carbonyl (C=O) groups excluding carboxylic acids is 1. The fourth-order valence-corrected chi connectivity index (χ4v) is 4.63. The molecule has 158 valence electrons. The fraction of sp³-hybridized carbons (Fsp3) is 0.308. The van der Waals surface area contributed by atoms with Crippen LogP contribution in [0, 0.1) is 5.92 Å². The van der Waals surface area contributed by atoms with Gasteiger partial charge in [0.2, 0.25) is 5.91 Å². The van der Waals surface area contributed by atoms with E-state index >= 15 is 0 Å². The van der Waals surface area contributed by atoms with Gasteiger partial charge in [0.25, 0.3) is 0 Å². The number of likely N-dealkylation sites (tertiary alicyclic amines) is 1. The van der Waals surface area contributed by atoms with Crippen molar-refractivity contribution < 1.29 is 4.79 Å². The molecule has 5 nitrogen and oxygen atoms in total. The van der Waals surface area contributed by atoms with Gasteiger partial charge < -0.3 is 14.8 Å². The fourth-order valence-electron chi connectivity index (χ4n) is 4.63. The maximum Gasteiger partial charge on any atom is 0.246 e. The van der Waals surface area contributed by atoms with Crippen LogP contribution in [0.5, 0.6) is 0 Å². The molecular weight excluding hydrogens is 384 g/mol. The van der Waals surface area contributed by atoms with Gasteiger partial charge in [0.05, 0.1) is 0 Å². The van der Waals surface area contributed by atoms with Crippen LogP contribution < -0.4 is 5.32 Å². The van der Waals surface area contributed by atoms with Crippen molar-refractivity contribution in [1.29, 1.82) is 0 Å². The summed E-state index contributed by atoms with van der Waals surface area (Å²) >= 11 is 0. The van der Waals surface area contributed by atoms with Gasteiger partial charge in [0.1, 0.15) is 5.82 Å². The Labute approximate surface area is 183 Å². The normalized spacial score (nSPS) is 17.2. The minimum atomic E-state index is 0.0917. The molecule has 0 saturated carbocycles. The van der Waals surface area contributed by atoms with Crippen molar-refractivity contribution in [3.63, 3.8) is 0 Å². The Kier molecular flexibility index (Phi) is 5.33. The third kappa shape index (κ3) is 4.26. The Hall–Kier alpha value is -3.34. The van der Waals surface area contributed by atoms with Crippen LogP contribution in [0.2, 0.25) is 0 Å². The first-order valence-electron chi connectivity index (χ1n) is 11.1. The van der Waals surface area contributed by atoms with Crippen LogP contribution in [0.15, 0.2) is 67.1 Å². The van der Waals surface area contributed by atoms with E-state index in [1.54, 1.807) is 6.08 Å². The number of amides is 1.